The number of anilines is 1. The predicted molar refractivity (Wildman–Crippen MR) is 103 cm³/mol. The van der Waals surface area contributed by atoms with Crippen molar-refractivity contribution in [2.24, 2.45) is 5.10 Å². The number of esters is 1. The van der Waals surface area contributed by atoms with Crippen molar-refractivity contribution in [3.8, 4) is 11.3 Å². The number of aromatic nitrogens is 2. The van der Waals surface area contributed by atoms with Gasteiger partial charge in [-0.15, -0.1) is 11.3 Å². The van der Waals surface area contributed by atoms with E-state index in [1.807, 2.05) is 47.8 Å². The molecule has 0 saturated heterocycles. The zero-order chi connectivity index (χ0) is 18.2. The topological polar surface area (TPSA) is 76.5 Å². The smallest absolute Gasteiger partial charge is 0.311 e. The van der Waals surface area contributed by atoms with Crippen molar-refractivity contribution in [3.63, 3.8) is 0 Å². The Kier molecular flexibility index (Phi) is 6.05. The summed E-state index contributed by atoms with van der Waals surface area (Å²) in [6, 6.07) is 13.8. The van der Waals surface area contributed by atoms with E-state index in [-0.39, 0.29) is 12.4 Å². The predicted octanol–water partition coefficient (Wildman–Crippen LogP) is 3.76. The van der Waals surface area contributed by atoms with Crippen molar-refractivity contribution in [2.45, 2.75) is 13.3 Å². The molecule has 7 heteroatoms. The first kappa shape index (κ1) is 17.8. The Morgan fingerprint density at radius 3 is 2.85 bits per heavy atom. The highest BCUT2D eigenvalue weighted by molar-refractivity contribution is 7.13. The molecule has 2 heterocycles. The van der Waals surface area contributed by atoms with Gasteiger partial charge in [0, 0.05) is 17.1 Å². The molecule has 0 fully saturated rings. The maximum Gasteiger partial charge on any atom is 0.311 e. The van der Waals surface area contributed by atoms with E-state index >= 15 is 0 Å². The van der Waals surface area contributed by atoms with Crippen LogP contribution in [0.2, 0.25) is 0 Å². The molecule has 3 rings (SSSR count). The van der Waals surface area contributed by atoms with Crippen LogP contribution in [0.3, 0.4) is 0 Å². The Labute approximate surface area is 155 Å². The van der Waals surface area contributed by atoms with Crippen LogP contribution in [0.25, 0.3) is 11.3 Å². The first-order valence-electron chi connectivity index (χ1n) is 8.15. The lowest BCUT2D eigenvalue weighted by Gasteiger charge is -2.00. The van der Waals surface area contributed by atoms with Crippen LogP contribution in [-0.2, 0) is 16.0 Å². The van der Waals surface area contributed by atoms with Crippen LogP contribution in [0.5, 0.6) is 0 Å². The molecule has 0 spiro atoms. The minimum atomic E-state index is -0.277. The summed E-state index contributed by atoms with van der Waals surface area (Å²) in [6.45, 7) is 2.15. The number of benzene rings is 1. The average molecular weight is 366 g/mol. The number of rotatable bonds is 7. The van der Waals surface area contributed by atoms with Gasteiger partial charge in [0.25, 0.3) is 0 Å². The highest BCUT2D eigenvalue weighted by Crippen LogP contribution is 2.17. The minimum Gasteiger partial charge on any atom is -0.466 e. The summed E-state index contributed by atoms with van der Waals surface area (Å²) in [5.74, 6) is -0.277. The number of nitrogens with one attached hydrogen (secondary N) is 1. The van der Waals surface area contributed by atoms with Gasteiger partial charge in [0.15, 0.2) is 0 Å². The van der Waals surface area contributed by atoms with Gasteiger partial charge in [-0.1, -0.05) is 30.3 Å². The van der Waals surface area contributed by atoms with E-state index in [9.17, 15) is 4.79 Å². The molecular weight excluding hydrogens is 348 g/mol. The summed E-state index contributed by atoms with van der Waals surface area (Å²) in [7, 11) is 0. The maximum absolute atomic E-state index is 11.4. The number of nitrogens with zero attached hydrogens (tertiary/aromatic N) is 3. The van der Waals surface area contributed by atoms with Gasteiger partial charge in [-0.05, 0) is 24.6 Å². The van der Waals surface area contributed by atoms with Crippen LogP contribution in [0.15, 0.2) is 59.1 Å². The second-order valence-electron chi connectivity index (χ2n) is 5.33. The van der Waals surface area contributed by atoms with Crippen molar-refractivity contribution in [1.29, 1.82) is 0 Å². The number of carbonyl (C=O) groups is 1. The van der Waals surface area contributed by atoms with Crippen LogP contribution < -0.4 is 5.43 Å². The van der Waals surface area contributed by atoms with Gasteiger partial charge in [-0.25, -0.2) is 4.98 Å². The molecule has 0 aliphatic rings. The lowest BCUT2D eigenvalue weighted by molar-refractivity contribution is -0.142. The van der Waals surface area contributed by atoms with E-state index in [2.05, 4.69) is 20.5 Å². The van der Waals surface area contributed by atoms with E-state index in [1.54, 1.807) is 19.3 Å². The number of hydrogen-bond donors (Lipinski definition) is 1. The molecule has 0 aliphatic carbocycles. The number of thiazole rings is 1. The fraction of sp³-hybridized carbons (Fsp3) is 0.158. The third-order valence-electron chi connectivity index (χ3n) is 3.43. The standard InChI is InChI=1S/C19H18N4O2S/c1-2-25-18(24)11-16-13-26-19(22-16)23-21-12-14-6-8-15(9-7-14)17-5-3-4-10-20-17/h3-10,12-13H,2,11H2,1H3,(H,22,23). The number of ether oxygens (including phenoxy) is 1. The third kappa shape index (κ3) is 4.97. The molecular formula is C19H18N4O2S. The normalized spacial score (nSPS) is 10.8. The number of pyridine rings is 1. The van der Waals surface area contributed by atoms with Crippen LogP contribution in [-0.4, -0.2) is 28.8 Å². The van der Waals surface area contributed by atoms with Gasteiger partial charge in [0.05, 0.1) is 30.6 Å². The summed E-state index contributed by atoms with van der Waals surface area (Å²) < 4.78 is 4.91. The van der Waals surface area contributed by atoms with Gasteiger partial charge in [0.1, 0.15) is 0 Å². The van der Waals surface area contributed by atoms with Crippen LogP contribution in [0, 0.1) is 0 Å². The maximum atomic E-state index is 11.4. The first-order valence-corrected chi connectivity index (χ1v) is 9.03. The summed E-state index contributed by atoms with van der Waals surface area (Å²) in [4.78, 5) is 20.1. The fourth-order valence-corrected chi connectivity index (χ4v) is 2.89. The average Bonchev–Trinajstić information content (AvgIpc) is 3.10. The second-order valence-corrected chi connectivity index (χ2v) is 6.19. The van der Waals surface area contributed by atoms with Crippen LogP contribution >= 0.6 is 11.3 Å². The molecule has 0 aliphatic heterocycles. The molecule has 0 radical (unpaired) electrons. The van der Waals surface area contributed by atoms with E-state index in [0.717, 1.165) is 16.8 Å². The van der Waals surface area contributed by atoms with E-state index in [4.69, 9.17) is 4.74 Å². The van der Waals surface area contributed by atoms with Crippen molar-refractivity contribution < 1.29 is 9.53 Å². The van der Waals surface area contributed by atoms with E-state index in [1.165, 1.54) is 11.3 Å². The first-order chi connectivity index (χ1) is 12.7. The SMILES string of the molecule is CCOC(=O)Cc1csc(NN=Cc2ccc(-c3ccccn3)cc2)n1. The highest BCUT2D eigenvalue weighted by Gasteiger charge is 2.07. The summed E-state index contributed by atoms with van der Waals surface area (Å²) in [5, 5.41) is 6.63. The highest BCUT2D eigenvalue weighted by atomic mass is 32.1. The molecule has 0 atom stereocenters. The number of hydrazone groups is 1. The lowest BCUT2D eigenvalue weighted by Crippen LogP contribution is -2.07. The largest absolute Gasteiger partial charge is 0.466 e. The minimum absolute atomic E-state index is 0.171. The zero-order valence-electron chi connectivity index (χ0n) is 14.3. The van der Waals surface area contributed by atoms with Gasteiger partial charge in [0.2, 0.25) is 5.13 Å². The summed E-state index contributed by atoms with van der Waals surface area (Å²) >= 11 is 1.39. The Morgan fingerprint density at radius 2 is 2.12 bits per heavy atom. The molecule has 0 unspecified atom stereocenters. The molecule has 2 aromatic heterocycles. The van der Waals surface area contributed by atoms with Crippen molar-refractivity contribution in [1.82, 2.24) is 9.97 Å². The monoisotopic (exact) mass is 366 g/mol. The molecule has 132 valence electrons. The third-order valence-corrected chi connectivity index (χ3v) is 4.22. The Morgan fingerprint density at radius 1 is 1.27 bits per heavy atom. The van der Waals surface area contributed by atoms with Gasteiger partial charge in [-0.2, -0.15) is 5.10 Å². The fourth-order valence-electron chi connectivity index (χ4n) is 2.23. The zero-order valence-corrected chi connectivity index (χ0v) is 15.1. The molecule has 3 aromatic rings. The summed E-state index contributed by atoms with van der Waals surface area (Å²) in [6.07, 6.45) is 3.66. The molecule has 26 heavy (non-hydrogen) atoms. The lowest BCUT2D eigenvalue weighted by atomic mass is 10.1. The van der Waals surface area contributed by atoms with Crippen molar-refractivity contribution in [3.05, 3.63) is 65.3 Å². The van der Waals surface area contributed by atoms with E-state index < -0.39 is 0 Å². The number of hydrogen-bond acceptors (Lipinski definition) is 7. The Balaban J connectivity index is 1.56. The molecule has 0 amide bonds. The van der Waals surface area contributed by atoms with E-state index in [0.29, 0.717) is 17.4 Å². The van der Waals surface area contributed by atoms with Gasteiger partial charge in [-0.3, -0.25) is 15.2 Å². The van der Waals surface area contributed by atoms with Crippen LogP contribution in [0.4, 0.5) is 5.13 Å². The quantitative estimate of drug-likeness (QED) is 0.391. The molecule has 0 saturated carbocycles. The summed E-state index contributed by atoms with van der Waals surface area (Å²) in [5.41, 5.74) is 6.50. The Bertz CT molecular complexity index is 876. The van der Waals surface area contributed by atoms with Gasteiger partial charge >= 0.3 is 5.97 Å². The van der Waals surface area contributed by atoms with Crippen molar-refractivity contribution in [2.75, 3.05) is 12.0 Å². The molecule has 6 nitrogen and oxygen atoms in total. The number of carbonyl (C=O) groups excluding carboxylic acids is 1. The second kappa shape index (κ2) is 8.87. The van der Waals surface area contributed by atoms with Crippen molar-refractivity contribution >= 4 is 28.7 Å². The Hall–Kier alpha value is -3.06. The van der Waals surface area contributed by atoms with Crippen LogP contribution in [0.1, 0.15) is 18.2 Å². The molecule has 0 bridgehead atoms. The molecule has 1 N–H and O–H groups in total. The molecule has 1 aromatic carbocycles. The van der Waals surface area contributed by atoms with Gasteiger partial charge < -0.3 is 4.74 Å².